The van der Waals surface area contributed by atoms with Crippen molar-refractivity contribution in [2.75, 3.05) is 42.5 Å². The van der Waals surface area contributed by atoms with Gasteiger partial charge in [-0.2, -0.15) is 0 Å². The van der Waals surface area contributed by atoms with Crippen molar-refractivity contribution in [3.05, 3.63) is 59.1 Å². The number of halogens is 1. The highest BCUT2D eigenvalue weighted by atomic mass is 35.5. The van der Waals surface area contributed by atoms with Crippen molar-refractivity contribution in [2.45, 2.75) is 19.3 Å². The third-order valence-electron chi connectivity index (χ3n) is 5.77. The van der Waals surface area contributed by atoms with Crippen molar-refractivity contribution in [2.24, 2.45) is 0 Å². The standard InChI is InChI=1S/C22H24ClN3O2/c1-22(2)18-5-3-4-6-19(18)26(21(22)28)15-20(27)25-13-11-24(12-14-25)17-9-7-16(23)8-10-17/h3-10H,11-15H2,1-2H3. The molecule has 0 radical (unpaired) electrons. The van der Waals surface area contributed by atoms with Gasteiger partial charge >= 0.3 is 0 Å². The van der Waals surface area contributed by atoms with Crippen LogP contribution in [0.2, 0.25) is 5.02 Å². The van der Waals surface area contributed by atoms with Gasteiger partial charge in [0.25, 0.3) is 0 Å². The highest BCUT2D eigenvalue weighted by Gasteiger charge is 2.44. The number of hydrogen-bond acceptors (Lipinski definition) is 3. The average Bonchev–Trinajstić information content (AvgIpc) is 2.90. The maximum atomic E-state index is 12.9. The molecule has 0 aliphatic carbocycles. The van der Waals surface area contributed by atoms with Crippen molar-refractivity contribution < 1.29 is 9.59 Å². The van der Waals surface area contributed by atoms with Crippen LogP contribution < -0.4 is 9.80 Å². The summed E-state index contributed by atoms with van der Waals surface area (Å²) in [6.45, 7) is 6.77. The van der Waals surface area contributed by atoms with Crippen molar-refractivity contribution in [3.8, 4) is 0 Å². The quantitative estimate of drug-likeness (QED) is 0.798. The van der Waals surface area contributed by atoms with Gasteiger partial charge in [-0.1, -0.05) is 29.8 Å². The minimum atomic E-state index is -0.593. The fourth-order valence-electron chi connectivity index (χ4n) is 4.06. The molecule has 6 heteroatoms. The summed E-state index contributed by atoms with van der Waals surface area (Å²) in [7, 11) is 0. The first-order valence-electron chi connectivity index (χ1n) is 9.58. The first-order valence-corrected chi connectivity index (χ1v) is 9.95. The molecule has 2 aromatic rings. The van der Waals surface area contributed by atoms with E-state index in [4.69, 9.17) is 11.6 Å². The van der Waals surface area contributed by atoms with Crippen LogP contribution in [0.4, 0.5) is 11.4 Å². The lowest BCUT2D eigenvalue weighted by molar-refractivity contribution is -0.132. The third kappa shape index (κ3) is 3.24. The topological polar surface area (TPSA) is 43.9 Å². The van der Waals surface area contributed by atoms with E-state index in [1.54, 1.807) is 4.90 Å². The van der Waals surface area contributed by atoms with Gasteiger partial charge in [-0.3, -0.25) is 9.59 Å². The number of carbonyl (C=O) groups excluding carboxylic acids is 2. The van der Waals surface area contributed by atoms with Gasteiger partial charge in [0.1, 0.15) is 6.54 Å². The van der Waals surface area contributed by atoms with Crippen molar-refractivity contribution >= 4 is 34.8 Å². The van der Waals surface area contributed by atoms with E-state index in [9.17, 15) is 9.59 Å². The summed E-state index contributed by atoms with van der Waals surface area (Å²) >= 11 is 5.96. The van der Waals surface area contributed by atoms with Crippen molar-refractivity contribution in [1.29, 1.82) is 0 Å². The number of benzene rings is 2. The molecule has 1 fully saturated rings. The van der Waals surface area contributed by atoms with Crippen LogP contribution in [0.25, 0.3) is 0 Å². The predicted octanol–water partition coefficient (Wildman–Crippen LogP) is 3.31. The summed E-state index contributed by atoms with van der Waals surface area (Å²) in [4.78, 5) is 31.6. The smallest absolute Gasteiger partial charge is 0.242 e. The van der Waals surface area contributed by atoms with Gasteiger partial charge in [0.2, 0.25) is 11.8 Å². The molecule has 4 rings (SSSR count). The zero-order valence-corrected chi connectivity index (χ0v) is 16.9. The molecule has 0 atom stereocenters. The first-order chi connectivity index (χ1) is 13.4. The predicted molar refractivity (Wildman–Crippen MR) is 112 cm³/mol. The molecular weight excluding hydrogens is 374 g/mol. The largest absolute Gasteiger partial charge is 0.368 e. The van der Waals surface area contributed by atoms with Gasteiger partial charge in [0.05, 0.1) is 5.41 Å². The number of hydrogen-bond donors (Lipinski definition) is 0. The van der Waals surface area contributed by atoms with Crippen molar-refractivity contribution in [3.63, 3.8) is 0 Å². The molecule has 0 spiro atoms. The minimum Gasteiger partial charge on any atom is -0.368 e. The molecule has 28 heavy (non-hydrogen) atoms. The molecule has 0 unspecified atom stereocenters. The zero-order valence-electron chi connectivity index (χ0n) is 16.2. The normalized spacial score (nSPS) is 18.4. The summed E-state index contributed by atoms with van der Waals surface area (Å²) in [6.07, 6.45) is 0. The Labute approximate surface area is 170 Å². The summed E-state index contributed by atoms with van der Waals surface area (Å²) in [6, 6.07) is 15.5. The maximum absolute atomic E-state index is 12.9. The van der Waals surface area contributed by atoms with E-state index in [1.807, 2.05) is 67.3 Å². The number of amides is 2. The van der Waals surface area contributed by atoms with Gasteiger partial charge in [0, 0.05) is 42.6 Å². The van der Waals surface area contributed by atoms with Crippen LogP contribution in [0.1, 0.15) is 19.4 Å². The van der Waals surface area contributed by atoms with Crippen LogP contribution in [0, 0.1) is 0 Å². The molecule has 2 aliphatic rings. The van der Waals surface area contributed by atoms with Crippen LogP contribution in [0.5, 0.6) is 0 Å². The van der Waals surface area contributed by atoms with E-state index in [-0.39, 0.29) is 18.4 Å². The molecule has 0 saturated carbocycles. The number of nitrogens with zero attached hydrogens (tertiary/aromatic N) is 3. The Kier molecular flexibility index (Phi) is 4.79. The molecule has 2 heterocycles. The zero-order chi connectivity index (χ0) is 19.9. The van der Waals surface area contributed by atoms with E-state index in [2.05, 4.69) is 4.90 Å². The van der Waals surface area contributed by atoms with E-state index >= 15 is 0 Å². The van der Waals surface area contributed by atoms with E-state index in [0.717, 1.165) is 35.1 Å². The molecule has 2 aromatic carbocycles. The number of para-hydroxylation sites is 1. The molecule has 2 amide bonds. The second-order valence-electron chi connectivity index (χ2n) is 7.88. The Balaban J connectivity index is 1.41. The minimum absolute atomic E-state index is 0.00314. The van der Waals surface area contributed by atoms with Crippen LogP contribution in [-0.2, 0) is 15.0 Å². The number of anilines is 2. The van der Waals surface area contributed by atoms with Gasteiger partial charge < -0.3 is 14.7 Å². The Morgan fingerprint density at radius 2 is 1.64 bits per heavy atom. The molecular formula is C22H24ClN3O2. The van der Waals surface area contributed by atoms with Crippen molar-refractivity contribution in [1.82, 2.24) is 4.90 Å². The fourth-order valence-corrected chi connectivity index (χ4v) is 4.18. The second kappa shape index (κ2) is 7.13. The molecule has 146 valence electrons. The molecule has 0 N–H and O–H groups in total. The number of fused-ring (bicyclic) bond motifs is 1. The number of carbonyl (C=O) groups is 2. The fraction of sp³-hybridized carbons (Fsp3) is 0.364. The van der Waals surface area contributed by atoms with Gasteiger partial charge in [-0.05, 0) is 49.7 Å². The lowest BCUT2D eigenvalue weighted by atomic mass is 9.86. The van der Waals surface area contributed by atoms with Gasteiger partial charge in [0.15, 0.2) is 0 Å². The number of rotatable bonds is 3. The van der Waals surface area contributed by atoms with E-state index in [1.165, 1.54) is 0 Å². The van der Waals surface area contributed by atoms with Crippen LogP contribution in [-0.4, -0.2) is 49.4 Å². The Morgan fingerprint density at radius 1 is 1.00 bits per heavy atom. The van der Waals surface area contributed by atoms with Crippen LogP contribution in [0.3, 0.4) is 0 Å². The highest BCUT2D eigenvalue weighted by Crippen LogP contribution is 2.41. The Hall–Kier alpha value is -2.53. The molecule has 2 aliphatic heterocycles. The lowest BCUT2D eigenvalue weighted by Crippen LogP contribution is -2.52. The first kappa shape index (κ1) is 18.8. The maximum Gasteiger partial charge on any atom is 0.242 e. The summed E-state index contributed by atoms with van der Waals surface area (Å²) in [5.74, 6) is -0.0153. The van der Waals surface area contributed by atoms with Gasteiger partial charge in [-0.15, -0.1) is 0 Å². The Morgan fingerprint density at radius 3 is 2.32 bits per heavy atom. The summed E-state index contributed by atoms with van der Waals surface area (Å²) in [5.41, 5.74) is 2.36. The Bertz CT molecular complexity index is 902. The second-order valence-corrected chi connectivity index (χ2v) is 8.31. The average molecular weight is 398 g/mol. The lowest BCUT2D eigenvalue weighted by Gasteiger charge is -2.36. The summed E-state index contributed by atoms with van der Waals surface area (Å²) in [5, 5.41) is 0.719. The van der Waals surface area contributed by atoms with E-state index < -0.39 is 5.41 Å². The van der Waals surface area contributed by atoms with Crippen LogP contribution >= 0.6 is 11.6 Å². The highest BCUT2D eigenvalue weighted by molar-refractivity contribution is 6.30. The number of piperazine rings is 1. The molecule has 5 nitrogen and oxygen atoms in total. The molecule has 0 aromatic heterocycles. The van der Waals surface area contributed by atoms with Gasteiger partial charge in [-0.25, -0.2) is 0 Å². The monoisotopic (exact) mass is 397 g/mol. The summed E-state index contributed by atoms with van der Waals surface area (Å²) < 4.78 is 0. The molecule has 0 bridgehead atoms. The van der Waals surface area contributed by atoms with E-state index in [0.29, 0.717) is 13.1 Å². The third-order valence-corrected chi connectivity index (χ3v) is 6.02. The molecule has 1 saturated heterocycles. The van der Waals surface area contributed by atoms with Crippen LogP contribution in [0.15, 0.2) is 48.5 Å². The SMILES string of the molecule is CC1(C)C(=O)N(CC(=O)N2CCN(c3ccc(Cl)cc3)CC2)c2ccccc21.